The van der Waals surface area contributed by atoms with Crippen molar-refractivity contribution in [3.05, 3.63) is 24.4 Å². The molecular formula is C18H30N4O2. The van der Waals surface area contributed by atoms with Crippen LogP contribution in [0.25, 0.3) is 0 Å². The quantitative estimate of drug-likeness (QED) is 0.745. The summed E-state index contributed by atoms with van der Waals surface area (Å²) in [6.07, 6.45) is 2.57. The molecular weight excluding hydrogens is 304 g/mol. The second-order valence-electron chi connectivity index (χ2n) is 6.85. The van der Waals surface area contributed by atoms with Gasteiger partial charge in [-0.15, -0.1) is 0 Å². The lowest BCUT2D eigenvalue weighted by atomic mass is 10.1. The summed E-state index contributed by atoms with van der Waals surface area (Å²) in [7, 11) is 0. The molecule has 1 fully saturated rings. The summed E-state index contributed by atoms with van der Waals surface area (Å²) in [5.74, 6) is 1.48. The van der Waals surface area contributed by atoms with Gasteiger partial charge in [-0.2, -0.15) is 0 Å². The van der Waals surface area contributed by atoms with Crippen LogP contribution in [0.5, 0.6) is 0 Å². The second kappa shape index (κ2) is 9.59. The van der Waals surface area contributed by atoms with Gasteiger partial charge in [-0.3, -0.25) is 9.69 Å². The first-order valence-corrected chi connectivity index (χ1v) is 8.87. The van der Waals surface area contributed by atoms with E-state index in [1.54, 1.807) is 0 Å². The van der Waals surface area contributed by atoms with Gasteiger partial charge >= 0.3 is 0 Å². The average molecular weight is 334 g/mol. The van der Waals surface area contributed by atoms with Crippen LogP contribution < -0.4 is 10.2 Å². The van der Waals surface area contributed by atoms with Crippen molar-refractivity contribution < 1.29 is 9.90 Å². The lowest BCUT2D eigenvalue weighted by Gasteiger charge is -2.35. The van der Waals surface area contributed by atoms with Gasteiger partial charge in [0.25, 0.3) is 0 Å². The number of hydrogen-bond donors (Lipinski definition) is 2. The number of amides is 1. The van der Waals surface area contributed by atoms with Gasteiger partial charge < -0.3 is 15.3 Å². The Morgan fingerprint density at radius 2 is 2.04 bits per heavy atom. The third-order valence-electron chi connectivity index (χ3n) is 4.28. The van der Waals surface area contributed by atoms with Crippen LogP contribution in [0.4, 0.5) is 5.82 Å². The van der Waals surface area contributed by atoms with E-state index in [2.05, 4.69) is 33.9 Å². The Morgan fingerprint density at radius 3 is 2.67 bits per heavy atom. The molecule has 0 aromatic carbocycles. The summed E-state index contributed by atoms with van der Waals surface area (Å²) >= 11 is 0. The second-order valence-corrected chi connectivity index (χ2v) is 6.85. The first kappa shape index (κ1) is 18.7. The maximum Gasteiger partial charge on any atom is 0.221 e. The molecule has 1 atom stereocenters. The van der Waals surface area contributed by atoms with Crippen LogP contribution >= 0.6 is 0 Å². The van der Waals surface area contributed by atoms with E-state index in [0.717, 1.165) is 45.0 Å². The third kappa shape index (κ3) is 6.45. The van der Waals surface area contributed by atoms with Gasteiger partial charge in [-0.05, 0) is 24.5 Å². The number of aliphatic hydroxyl groups excluding tert-OH is 1. The Balaban J connectivity index is 1.61. The Morgan fingerprint density at radius 1 is 1.29 bits per heavy atom. The number of piperazine rings is 1. The molecule has 0 spiro atoms. The Bertz CT molecular complexity index is 487. The van der Waals surface area contributed by atoms with E-state index < -0.39 is 6.10 Å². The number of carbonyl (C=O) groups excluding carboxylic acids is 1. The smallest absolute Gasteiger partial charge is 0.221 e. The van der Waals surface area contributed by atoms with Crippen LogP contribution in [0.3, 0.4) is 0 Å². The van der Waals surface area contributed by atoms with Crippen molar-refractivity contribution in [1.29, 1.82) is 0 Å². The van der Waals surface area contributed by atoms with Crippen molar-refractivity contribution in [3.63, 3.8) is 0 Å². The van der Waals surface area contributed by atoms with Gasteiger partial charge in [0.15, 0.2) is 0 Å². The largest absolute Gasteiger partial charge is 0.391 e. The normalized spacial score (nSPS) is 17.1. The third-order valence-corrected chi connectivity index (χ3v) is 4.28. The minimum absolute atomic E-state index is 0.0185. The van der Waals surface area contributed by atoms with Crippen molar-refractivity contribution in [2.75, 3.05) is 44.2 Å². The molecule has 6 heteroatoms. The molecule has 1 aromatic rings. The average Bonchev–Trinajstić information content (AvgIpc) is 2.59. The van der Waals surface area contributed by atoms with Crippen LogP contribution in [0.15, 0.2) is 24.4 Å². The molecule has 1 saturated heterocycles. The highest BCUT2D eigenvalue weighted by atomic mass is 16.3. The molecule has 0 aliphatic carbocycles. The first-order chi connectivity index (χ1) is 11.5. The molecule has 0 saturated carbocycles. The van der Waals surface area contributed by atoms with E-state index in [-0.39, 0.29) is 5.91 Å². The summed E-state index contributed by atoms with van der Waals surface area (Å²) in [6.45, 7) is 9.01. The van der Waals surface area contributed by atoms with E-state index in [1.807, 2.05) is 24.4 Å². The molecule has 1 aromatic heterocycles. The van der Waals surface area contributed by atoms with Crippen molar-refractivity contribution in [3.8, 4) is 0 Å². The van der Waals surface area contributed by atoms with Gasteiger partial charge in [0, 0.05) is 51.9 Å². The molecule has 0 radical (unpaired) electrons. The predicted molar refractivity (Wildman–Crippen MR) is 96.0 cm³/mol. The molecule has 2 heterocycles. The topological polar surface area (TPSA) is 68.7 Å². The van der Waals surface area contributed by atoms with Gasteiger partial charge in [0.2, 0.25) is 5.91 Å². The molecule has 1 aliphatic heterocycles. The summed E-state index contributed by atoms with van der Waals surface area (Å²) in [5.41, 5.74) is 0. The number of nitrogens with zero attached hydrogens (tertiary/aromatic N) is 3. The fourth-order valence-electron chi connectivity index (χ4n) is 2.95. The van der Waals surface area contributed by atoms with Crippen molar-refractivity contribution >= 4 is 11.7 Å². The molecule has 1 amide bonds. The maximum atomic E-state index is 11.9. The van der Waals surface area contributed by atoms with Gasteiger partial charge in [-0.1, -0.05) is 19.9 Å². The van der Waals surface area contributed by atoms with E-state index in [1.165, 1.54) is 0 Å². The van der Waals surface area contributed by atoms with Gasteiger partial charge in [0.05, 0.1) is 6.10 Å². The number of carbonyl (C=O) groups is 1. The van der Waals surface area contributed by atoms with Crippen LogP contribution in [0.2, 0.25) is 0 Å². The number of rotatable bonds is 8. The Labute approximate surface area is 144 Å². The van der Waals surface area contributed by atoms with Gasteiger partial charge in [-0.25, -0.2) is 4.98 Å². The highest BCUT2D eigenvalue weighted by Crippen LogP contribution is 2.12. The first-order valence-electron chi connectivity index (χ1n) is 8.87. The summed E-state index contributed by atoms with van der Waals surface area (Å²) in [5, 5.41) is 12.6. The zero-order valence-electron chi connectivity index (χ0n) is 14.8. The molecule has 2 N–H and O–H groups in total. The minimum atomic E-state index is -0.448. The number of hydrogen-bond acceptors (Lipinski definition) is 5. The van der Waals surface area contributed by atoms with E-state index in [0.29, 0.717) is 18.9 Å². The highest BCUT2D eigenvalue weighted by molar-refractivity contribution is 5.76. The number of pyridine rings is 1. The van der Waals surface area contributed by atoms with E-state index in [9.17, 15) is 9.90 Å². The number of aliphatic hydroxyl groups is 1. The standard InChI is InChI=1S/C18H30N4O2/c1-15(2)13-16(23)14-20-18(24)6-8-21-9-11-22(12-10-21)17-5-3-4-7-19-17/h3-5,7,15-16,23H,6,8-14H2,1-2H3,(H,20,24). The molecule has 24 heavy (non-hydrogen) atoms. The minimum Gasteiger partial charge on any atom is -0.391 e. The molecule has 6 nitrogen and oxygen atoms in total. The van der Waals surface area contributed by atoms with Crippen molar-refractivity contribution in [2.24, 2.45) is 5.92 Å². The van der Waals surface area contributed by atoms with E-state index in [4.69, 9.17) is 0 Å². The lowest BCUT2D eigenvalue weighted by Crippen LogP contribution is -2.47. The number of anilines is 1. The van der Waals surface area contributed by atoms with E-state index >= 15 is 0 Å². The predicted octanol–water partition coefficient (Wildman–Crippen LogP) is 1.12. The Hall–Kier alpha value is -1.66. The SMILES string of the molecule is CC(C)CC(O)CNC(=O)CCN1CCN(c2ccccn2)CC1. The Kier molecular flexibility index (Phi) is 7.46. The van der Waals surface area contributed by atoms with Gasteiger partial charge in [0.1, 0.15) is 5.82 Å². The van der Waals surface area contributed by atoms with Crippen LogP contribution in [-0.2, 0) is 4.79 Å². The zero-order valence-corrected chi connectivity index (χ0v) is 14.8. The molecule has 0 bridgehead atoms. The van der Waals surface area contributed by atoms with Crippen LogP contribution in [-0.4, -0.2) is 66.3 Å². The molecule has 1 unspecified atom stereocenters. The monoisotopic (exact) mass is 334 g/mol. The van der Waals surface area contributed by atoms with Crippen LogP contribution in [0, 0.1) is 5.92 Å². The number of nitrogens with one attached hydrogen (secondary N) is 1. The maximum absolute atomic E-state index is 11.9. The highest BCUT2D eigenvalue weighted by Gasteiger charge is 2.18. The number of aromatic nitrogens is 1. The van der Waals surface area contributed by atoms with Crippen molar-refractivity contribution in [1.82, 2.24) is 15.2 Å². The van der Waals surface area contributed by atoms with Crippen LogP contribution in [0.1, 0.15) is 26.7 Å². The molecule has 134 valence electrons. The zero-order chi connectivity index (χ0) is 17.4. The van der Waals surface area contributed by atoms with Crippen molar-refractivity contribution in [2.45, 2.75) is 32.8 Å². The lowest BCUT2D eigenvalue weighted by molar-refractivity contribution is -0.121. The summed E-state index contributed by atoms with van der Waals surface area (Å²) in [6, 6.07) is 5.97. The summed E-state index contributed by atoms with van der Waals surface area (Å²) in [4.78, 5) is 20.9. The fraction of sp³-hybridized carbons (Fsp3) is 0.667. The fourth-order valence-corrected chi connectivity index (χ4v) is 2.95. The summed E-state index contributed by atoms with van der Waals surface area (Å²) < 4.78 is 0. The molecule has 1 aliphatic rings. The molecule has 2 rings (SSSR count).